The largest absolute Gasteiger partial charge is 0.373 e. The number of hydrazine groups is 1. The van der Waals surface area contributed by atoms with Gasteiger partial charge in [-0.25, -0.2) is 10.8 Å². The average molecular weight is 241 g/mol. The molecule has 90 valence electrons. The number of rotatable bonds is 4. The van der Waals surface area contributed by atoms with Gasteiger partial charge in [-0.1, -0.05) is 31.1 Å². The summed E-state index contributed by atoms with van der Waals surface area (Å²) < 4.78 is 5.90. The summed E-state index contributed by atoms with van der Waals surface area (Å²) in [5, 5.41) is 0.746. The highest BCUT2D eigenvalue weighted by Gasteiger charge is 2.19. The Morgan fingerprint density at radius 3 is 3.19 bits per heavy atom. The van der Waals surface area contributed by atoms with E-state index in [-0.39, 0.29) is 0 Å². The number of nitrogen functional groups attached to an aromatic ring is 1. The van der Waals surface area contributed by atoms with Gasteiger partial charge in [-0.05, 0) is 18.8 Å². The maximum Gasteiger partial charge on any atom is 0.197 e. The molecular formula is C11H19N3OS. The number of nitrogens with one attached hydrogen (secondary N) is 1. The number of ether oxygens (including phenoxy) is 1. The van der Waals surface area contributed by atoms with Crippen molar-refractivity contribution < 1.29 is 4.74 Å². The molecule has 2 rings (SSSR count). The van der Waals surface area contributed by atoms with E-state index in [9.17, 15) is 0 Å². The minimum atomic E-state index is 0.431. The molecule has 1 fully saturated rings. The summed E-state index contributed by atoms with van der Waals surface area (Å²) in [5.74, 6) is 6.08. The van der Waals surface area contributed by atoms with Crippen molar-refractivity contribution in [1.82, 2.24) is 4.98 Å². The minimum absolute atomic E-state index is 0.431. The second-order valence-corrected chi connectivity index (χ2v) is 5.60. The molecule has 1 aromatic rings. The highest BCUT2D eigenvalue weighted by Crippen LogP contribution is 2.27. The first-order chi connectivity index (χ1) is 7.78. The molecule has 1 saturated carbocycles. The van der Waals surface area contributed by atoms with E-state index in [0.717, 1.165) is 15.9 Å². The molecule has 0 amide bonds. The Kier molecular flexibility index (Phi) is 4.15. The van der Waals surface area contributed by atoms with Gasteiger partial charge < -0.3 is 4.74 Å². The van der Waals surface area contributed by atoms with Gasteiger partial charge >= 0.3 is 0 Å². The fourth-order valence-corrected chi connectivity index (χ4v) is 2.82. The van der Waals surface area contributed by atoms with Crippen molar-refractivity contribution in [1.29, 1.82) is 0 Å². The van der Waals surface area contributed by atoms with E-state index < -0.39 is 0 Å². The Labute approximate surface area is 100 Å². The monoisotopic (exact) mass is 241 g/mol. The Balaban J connectivity index is 1.78. The molecule has 2 unspecified atom stereocenters. The topological polar surface area (TPSA) is 60.2 Å². The van der Waals surface area contributed by atoms with Crippen LogP contribution in [0.5, 0.6) is 0 Å². The van der Waals surface area contributed by atoms with Crippen LogP contribution in [0.1, 0.15) is 37.5 Å². The smallest absolute Gasteiger partial charge is 0.197 e. The highest BCUT2D eigenvalue weighted by molar-refractivity contribution is 7.15. The third-order valence-electron chi connectivity index (χ3n) is 3.03. The fraction of sp³-hybridized carbons (Fsp3) is 0.727. The van der Waals surface area contributed by atoms with Gasteiger partial charge in [-0.15, -0.1) is 0 Å². The van der Waals surface area contributed by atoms with E-state index in [0.29, 0.717) is 12.7 Å². The first-order valence-electron chi connectivity index (χ1n) is 5.81. The number of anilines is 1. The lowest BCUT2D eigenvalue weighted by Crippen LogP contribution is -2.21. The maximum atomic E-state index is 5.90. The molecule has 1 aliphatic carbocycles. The molecule has 0 spiro atoms. The zero-order chi connectivity index (χ0) is 11.4. The van der Waals surface area contributed by atoms with E-state index in [1.165, 1.54) is 25.7 Å². The number of thiazole rings is 1. The van der Waals surface area contributed by atoms with Gasteiger partial charge in [0.15, 0.2) is 5.13 Å². The Hall–Kier alpha value is -0.650. The molecule has 0 saturated heterocycles. The van der Waals surface area contributed by atoms with Gasteiger partial charge in [0.1, 0.15) is 0 Å². The van der Waals surface area contributed by atoms with Gasteiger partial charge in [0.2, 0.25) is 0 Å². The fourth-order valence-electron chi connectivity index (χ4n) is 2.17. The molecule has 0 aliphatic heterocycles. The van der Waals surface area contributed by atoms with Gasteiger partial charge in [0, 0.05) is 6.20 Å². The molecule has 2 atom stereocenters. The van der Waals surface area contributed by atoms with Gasteiger partial charge in [0.25, 0.3) is 0 Å². The zero-order valence-electron chi connectivity index (χ0n) is 9.61. The average Bonchev–Trinajstić information content (AvgIpc) is 2.74. The number of aromatic nitrogens is 1. The SMILES string of the molecule is CC1CCCC(OCc2cnc(NN)s2)C1. The summed E-state index contributed by atoms with van der Waals surface area (Å²) in [6.45, 7) is 2.97. The summed E-state index contributed by atoms with van der Waals surface area (Å²) in [6.07, 6.45) is 7.30. The van der Waals surface area contributed by atoms with Crippen molar-refractivity contribution in [2.75, 3.05) is 5.43 Å². The molecule has 1 heterocycles. The predicted octanol–water partition coefficient (Wildman–Crippen LogP) is 2.52. The Bertz CT molecular complexity index is 329. The van der Waals surface area contributed by atoms with E-state index in [2.05, 4.69) is 17.3 Å². The van der Waals surface area contributed by atoms with Crippen LogP contribution in [0, 0.1) is 5.92 Å². The van der Waals surface area contributed by atoms with Crippen LogP contribution in [0.2, 0.25) is 0 Å². The van der Waals surface area contributed by atoms with Crippen LogP contribution in [0.15, 0.2) is 6.20 Å². The van der Waals surface area contributed by atoms with E-state index in [1.54, 1.807) is 11.3 Å². The molecule has 16 heavy (non-hydrogen) atoms. The van der Waals surface area contributed by atoms with Gasteiger partial charge in [-0.3, -0.25) is 5.43 Å². The maximum absolute atomic E-state index is 5.90. The summed E-state index contributed by atoms with van der Waals surface area (Å²) in [6, 6.07) is 0. The summed E-state index contributed by atoms with van der Waals surface area (Å²) in [7, 11) is 0. The zero-order valence-corrected chi connectivity index (χ0v) is 10.4. The van der Waals surface area contributed by atoms with Crippen LogP contribution in [0.4, 0.5) is 5.13 Å². The first-order valence-corrected chi connectivity index (χ1v) is 6.62. The summed E-state index contributed by atoms with van der Waals surface area (Å²) in [4.78, 5) is 5.25. The lowest BCUT2D eigenvalue weighted by atomic mass is 9.89. The lowest BCUT2D eigenvalue weighted by molar-refractivity contribution is 0.00584. The van der Waals surface area contributed by atoms with Crippen molar-refractivity contribution in [3.63, 3.8) is 0 Å². The second-order valence-electron chi connectivity index (χ2n) is 4.48. The number of hydrogen-bond acceptors (Lipinski definition) is 5. The molecule has 3 N–H and O–H groups in total. The number of hydrogen-bond donors (Lipinski definition) is 2. The standard InChI is InChI=1S/C11H19N3OS/c1-8-3-2-4-9(5-8)15-7-10-6-13-11(14-12)16-10/h6,8-9H,2-5,7,12H2,1H3,(H,13,14). The van der Waals surface area contributed by atoms with Crippen LogP contribution >= 0.6 is 11.3 Å². The van der Waals surface area contributed by atoms with Crippen molar-refractivity contribution in [2.24, 2.45) is 11.8 Å². The molecule has 4 nitrogen and oxygen atoms in total. The Morgan fingerprint density at radius 2 is 2.50 bits per heavy atom. The lowest BCUT2D eigenvalue weighted by Gasteiger charge is -2.26. The third kappa shape index (κ3) is 3.17. The van der Waals surface area contributed by atoms with Crippen LogP contribution in [-0.4, -0.2) is 11.1 Å². The van der Waals surface area contributed by atoms with Crippen molar-refractivity contribution >= 4 is 16.5 Å². The number of nitrogens with two attached hydrogens (primary N) is 1. The van der Waals surface area contributed by atoms with Crippen molar-refractivity contribution in [3.8, 4) is 0 Å². The molecule has 0 aromatic carbocycles. The first kappa shape index (κ1) is 11.8. The molecule has 0 bridgehead atoms. The molecule has 0 radical (unpaired) electrons. The van der Waals surface area contributed by atoms with Gasteiger partial charge in [-0.2, -0.15) is 0 Å². The Morgan fingerprint density at radius 1 is 1.62 bits per heavy atom. The molecule has 1 aromatic heterocycles. The predicted molar refractivity (Wildman–Crippen MR) is 66.1 cm³/mol. The van der Waals surface area contributed by atoms with Crippen LogP contribution in [-0.2, 0) is 11.3 Å². The molecular weight excluding hydrogens is 222 g/mol. The van der Waals surface area contributed by atoms with Crippen LogP contribution in [0.3, 0.4) is 0 Å². The quantitative estimate of drug-likeness (QED) is 0.628. The van der Waals surface area contributed by atoms with E-state index in [1.807, 2.05) is 6.20 Å². The highest BCUT2D eigenvalue weighted by atomic mass is 32.1. The van der Waals surface area contributed by atoms with E-state index in [4.69, 9.17) is 10.6 Å². The van der Waals surface area contributed by atoms with Gasteiger partial charge in [0.05, 0.1) is 17.6 Å². The van der Waals surface area contributed by atoms with Crippen LogP contribution < -0.4 is 11.3 Å². The van der Waals surface area contributed by atoms with Crippen molar-refractivity contribution in [2.45, 2.75) is 45.3 Å². The number of nitrogens with zero attached hydrogens (tertiary/aromatic N) is 1. The van der Waals surface area contributed by atoms with Crippen molar-refractivity contribution in [3.05, 3.63) is 11.1 Å². The second kappa shape index (κ2) is 5.61. The van der Waals surface area contributed by atoms with Crippen LogP contribution in [0.25, 0.3) is 0 Å². The van der Waals surface area contributed by atoms with E-state index >= 15 is 0 Å². The summed E-state index contributed by atoms with van der Waals surface area (Å²) >= 11 is 1.55. The third-order valence-corrected chi connectivity index (χ3v) is 3.93. The molecule has 5 heteroatoms. The summed E-state index contributed by atoms with van der Waals surface area (Å²) in [5.41, 5.74) is 2.54. The minimum Gasteiger partial charge on any atom is -0.373 e. The normalized spacial score (nSPS) is 25.6. The molecule has 1 aliphatic rings.